The van der Waals surface area contributed by atoms with E-state index in [4.69, 9.17) is 14.2 Å². The average molecular weight is 445 g/mol. The summed E-state index contributed by atoms with van der Waals surface area (Å²) in [6.07, 6.45) is 3.07. The molecule has 3 N–H and O–H groups in total. The van der Waals surface area contributed by atoms with Gasteiger partial charge in [-0.15, -0.1) is 0 Å². The number of nitrogens with one attached hydrogen (secondary N) is 3. The van der Waals surface area contributed by atoms with Crippen LogP contribution in [0.4, 0.5) is 21.9 Å². The summed E-state index contributed by atoms with van der Waals surface area (Å²) >= 11 is 0. The summed E-state index contributed by atoms with van der Waals surface area (Å²) in [5, 5.41) is 8.27. The third kappa shape index (κ3) is 5.82. The maximum atomic E-state index is 12.4. The molecule has 0 radical (unpaired) electrons. The number of para-hydroxylation sites is 1. The highest BCUT2D eigenvalue weighted by Gasteiger charge is 2.17. The van der Waals surface area contributed by atoms with Gasteiger partial charge in [0.1, 0.15) is 13.2 Å². The Balaban J connectivity index is 1.38. The molecule has 0 aliphatic carbocycles. The van der Waals surface area contributed by atoms with E-state index in [0.29, 0.717) is 47.5 Å². The smallest absolute Gasteiger partial charge is 0.323 e. The molecule has 8 nitrogen and oxygen atoms in total. The summed E-state index contributed by atoms with van der Waals surface area (Å²) in [5.41, 5.74) is 2.50. The first kappa shape index (κ1) is 21.8. The molecule has 0 fully saturated rings. The van der Waals surface area contributed by atoms with Crippen LogP contribution in [0.25, 0.3) is 6.08 Å². The highest BCUT2D eigenvalue weighted by Crippen LogP contribution is 2.40. The third-order valence-electron chi connectivity index (χ3n) is 4.70. The van der Waals surface area contributed by atoms with E-state index in [2.05, 4.69) is 16.0 Å². The molecule has 3 aromatic rings. The summed E-state index contributed by atoms with van der Waals surface area (Å²) < 4.78 is 16.6. The van der Waals surface area contributed by atoms with Gasteiger partial charge in [-0.05, 0) is 54.1 Å². The Morgan fingerprint density at radius 1 is 0.848 bits per heavy atom. The zero-order valence-electron chi connectivity index (χ0n) is 18.0. The molecule has 0 bridgehead atoms. The fourth-order valence-electron chi connectivity index (χ4n) is 3.24. The molecule has 1 heterocycles. The van der Waals surface area contributed by atoms with E-state index in [0.717, 1.165) is 5.56 Å². The number of amides is 3. The van der Waals surface area contributed by atoms with E-state index in [9.17, 15) is 9.59 Å². The van der Waals surface area contributed by atoms with Crippen molar-refractivity contribution in [2.24, 2.45) is 0 Å². The number of carbonyl (C=O) groups is 2. The summed E-state index contributed by atoms with van der Waals surface area (Å²) in [7, 11) is 1.55. The molecule has 3 amide bonds. The van der Waals surface area contributed by atoms with Crippen LogP contribution in [0, 0.1) is 0 Å². The summed E-state index contributed by atoms with van der Waals surface area (Å²) in [4.78, 5) is 24.6. The van der Waals surface area contributed by atoms with Crippen molar-refractivity contribution in [3.05, 3.63) is 78.4 Å². The van der Waals surface area contributed by atoms with Crippen LogP contribution in [0.2, 0.25) is 0 Å². The predicted octanol–water partition coefficient (Wildman–Crippen LogP) is 4.76. The molecule has 1 aliphatic rings. The Labute approximate surface area is 191 Å². The number of urea groups is 1. The van der Waals surface area contributed by atoms with Gasteiger partial charge in [-0.2, -0.15) is 0 Å². The first-order valence-corrected chi connectivity index (χ1v) is 10.3. The molecule has 1 aliphatic heterocycles. The minimum Gasteiger partial charge on any atom is -0.493 e. The predicted molar refractivity (Wildman–Crippen MR) is 127 cm³/mol. The zero-order chi connectivity index (χ0) is 23.0. The minimum absolute atomic E-state index is 0.324. The normalized spacial score (nSPS) is 12.2. The fraction of sp³-hybridized carbons (Fsp3) is 0.120. The second-order valence-electron chi connectivity index (χ2n) is 7.10. The highest BCUT2D eigenvalue weighted by molar-refractivity contribution is 6.03. The summed E-state index contributed by atoms with van der Waals surface area (Å²) in [5.74, 6) is 1.36. The largest absolute Gasteiger partial charge is 0.493 e. The number of ether oxygens (including phenoxy) is 3. The van der Waals surface area contributed by atoms with Gasteiger partial charge in [-0.25, -0.2) is 4.79 Å². The van der Waals surface area contributed by atoms with Crippen molar-refractivity contribution in [1.29, 1.82) is 0 Å². The monoisotopic (exact) mass is 445 g/mol. The second-order valence-corrected chi connectivity index (χ2v) is 7.10. The van der Waals surface area contributed by atoms with E-state index < -0.39 is 0 Å². The number of fused-ring (bicyclic) bond motifs is 1. The van der Waals surface area contributed by atoms with Gasteiger partial charge >= 0.3 is 6.03 Å². The summed E-state index contributed by atoms with van der Waals surface area (Å²) in [6.45, 7) is 0.917. The van der Waals surface area contributed by atoms with E-state index in [-0.39, 0.29) is 11.9 Å². The quantitative estimate of drug-likeness (QED) is 0.475. The topological polar surface area (TPSA) is 97.9 Å². The van der Waals surface area contributed by atoms with Crippen LogP contribution >= 0.6 is 0 Å². The number of hydrogen-bond donors (Lipinski definition) is 3. The Morgan fingerprint density at radius 2 is 1.55 bits per heavy atom. The third-order valence-corrected chi connectivity index (χ3v) is 4.70. The molecule has 0 spiro atoms. The van der Waals surface area contributed by atoms with E-state index >= 15 is 0 Å². The lowest BCUT2D eigenvalue weighted by atomic mass is 10.1. The molecular weight excluding hydrogens is 422 g/mol. The van der Waals surface area contributed by atoms with Crippen LogP contribution in [0.1, 0.15) is 5.56 Å². The number of hydrogen-bond acceptors (Lipinski definition) is 5. The molecule has 168 valence electrons. The molecular formula is C25H23N3O5. The van der Waals surface area contributed by atoms with Gasteiger partial charge in [0.05, 0.1) is 7.11 Å². The minimum atomic E-state index is -0.378. The number of rotatable bonds is 6. The molecule has 8 heteroatoms. The Kier molecular flexibility index (Phi) is 6.75. The van der Waals surface area contributed by atoms with Gasteiger partial charge in [0.2, 0.25) is 11.7 Å². The van der Waals surface area contributed by atoms with Crippen LogP contribution in [0.3, 0.4) is 0 Å². The number of methoxy groups -OCH3 is 1. The van der Waals surface area contributed by atoms with E-state index in [1.165, 1.54) is 6.08 Å². The molecule has 0 saturated heterocycles. The molecule has 0 saturated carbocycles. The Hall–Kier alpha value is -4.46. The van der Waals surface area contributed by atoms with Crippen molar-refractivity contribution < 1.29 is 23.8 Å². The second kappa shape index (κ2) is 10.2. The van der Waals surface area contributed by atoms with Crippen molar-refractivity contribution in [3.8, 4) is 17.2 Å². The number of anilines is 3. The average Bonchev–Trinajstić information content (AvgIpc) is 2.83. The van der Waals surface area contributed by atoms with E-state index in [1.54, 1.807) is 61.7 Å². The van der Waals surface area contributed by atoms with Crippen LogP contribution in [-0.2, 0) is 4.79 Å². The maximum Gasteiger partial charge on any atom is 0.323 e. The van der Waals surface area contributed by atoms with Crippen molar-refractivity contribution in [2.45, 2.75) is 0 Å². The van der Waals surface area contributed by atoms with Gasteiger partial charge in [0.15, 0.2) is 11.5 Å². The molecule has 3 aromatic carbocycles. The highest BCUT2D eigenvalue weighted by atomic mass is 16.6. The van der Waals surface area contributed by atoms with Gasteiger partial charge in [-0.3, -0.25) is 4.79 Å². The molecule has 4 rings (SSSR count). The first-order chi connectivity index (χ1) is 16.1. The van der Waals surface area contributed by atoms with Gasteiger partial charge in [0.25, 0.3) is 0 Å². The maximum absolute atomic E-state index is 12.4. The number of benzene rings is 3. The Morgan fingerprint density at radius 3 is 2.33 bits per heavy atom. The van der Waals surface area contributed by atoms with Crippen molar-refractivity contribution in [1.82, 2.24) is 0 Å². The van der Waals surface area contributed by atoms with Crippen molar-refractivity contribution in [2.75, 3.05) is 36.3 Å². The molecule has 0 unspecified atom stereocenters. The van der Waals surface area contributed by atoms with Crippen LogP contribution in [-0.4, -0.2) is 32.3 Å². The zero-order valence-corrected chi connectivity index (χ0v) is 18.0. The SMILES string of the molecule is COc1cc(C=CC(=O)Nc2cccc(NC(=O)Nc3ccccc3)c2)cc2c1OCCO2. The van der Waals surface area contributed by atoms with Crippen molar-refractivity contribution >= 4 is 35.1 Å². The van der Waals surface area contributed by atoms with Crippen LogP contribution in [0.15, 0.2) is 72.8 Å². The lowest BCUT2D eigenvalue weighted by Gasteiger charge is -2.20. The van der Waals surface area contributed by atoms with Gasteiger partial charge < -0.3 is 30.2 Å². The standard InChI is InChI=1S/C25H23N3O5/c1-31-21-14-17(15-22-24(21)33-13-12-32-22)10-11-23(29)26-19-8-5-9-20(16-19)28-25(30)27-18-6-3-2-4-7-18/h2-11,14-16H,12-13H2,1H3,(H,26,29)(H2,27,28,30). The fourth-order valence-corrected chi connectivity index (χ4v) is 3.24. The van der Waals surface area contributed by atoms with Gasteiger partial charge in [-0.1, -0.05) is 24.3 Å². The summed E-state index contributed by atoms with van der Waals surface area (Å²) in [6, 6.07) is 19.2. The Bertz CT molecular complexity index is 1160. The van der Waals surface area contributed by atoms with Gasteiger partial charge in [0, 0.05) is 23.1 Å². The van der Waals surface area contributed by atoms with Crippen LogP contribution in [0.5, 0.6) is 17.2 Å². The van der Waals surface area contributed by atoms with E-state index in [1.807, 2.05) is 18.2 Å². The molecule has 33 heavy (non-hydrogen) atoms. The van der Waals surface area contributed by atoms with Crippen molar-refractivity contribution in [3.63, 3.8) is 0 Å². The molecule has 0 atom stereocenters. The lowest BCUT2D eigenvalue weighted by Crippen LogP contribution is -2.19. The lowest BCUT2D eigenvalue weighted by molar-refractivity contribution is -0.111. The number of carbonyl (C=O) groups excluding carboxylic acids is 2. The molecule has 0 aromatic heterocycles. The first-order valence-electron chi connectivity index (χ1n) is 10.3. The van der Waals surface area contributed by atoms with Crippen LogP contribution < -0.4 is 30.2 Å².